The van der Waals surface area contributed by atoms with Crippen LogP contribution in [0.15, 0.2) is 66.9 Å². The molecule has 4 rings (SSSR count). The van der Waals surface area contributed by atoms with Gasteiger partial charge >= 0.3 is 6.03 Å². The van der Waals surface area contributed by atoms with Crippen molar-refractivity contribution < 1.29 is 14.3 Å². The van der Waals surface area contributed by atoms with Crippen molar-refractivity contribution in [1.29, 1.82) is 0 Å². The SMILES string of the molecule is CCC(C)N(CC(=O)N(Cc1cccn1Cc1ccccc1Cl)C1CCCCC1)C(=O)Nc1ccc(OC)cc1. The van der Waals surface area contributed by atoms with Crippen molar-refractivity contribution in [3.63, 3.8) is 0 Å². The van der Waals surface area contributed by atoms with Crippen LogP contribution in [0.25, 0.3) is 0 Å². The molecule has 1 unspecified atom stereocenters. The van der Waals surface area contributed by atoms with Gasteiger partial charge in [0.1, 0.15) is 12.3 Å². The van der Waals surface area contributed by atoms with Crippen LogP contribution < -0.4 is 10.1 Å². The highest BCUT2D eigenvalue weighted by molar-refractivity contribution is 6.31. The second-order valence-electron chi connectivity index (χ2n) is 10.6. The van der Waals surface area contributed by atoms with Crippen molar-refractivity contribution in [2.45, 2.75) is 77.5 Å². The Labute approximate surface area is 243 Å². The highest BCUT2D eigenvalue weighted by Gasteiger charge is 2.30. The molecule has 0 spiro atoms. The maximum Gasteiger partial charge on any atom is 0.322 e. The van der Waals surface area contributed by atoms with E-state index < -0.39 is 0 Å². The zero-order chi connectivity index (χ0) is 28.5. The van der Waals surface area contributed by atoms with Crippen LogP contribution in [-0.4, -0.2) is 52.0 Å². The summed E-state index contributed by atoms with van der Waals surface area (Å²) >= 11 is 6.45. The van der Waals surface area contributed by atoms with E-state index in [1.165, 1.54) is 6.42 Å². The van der Waals surface area contributed by atoms with E-state index in [9.17, 15) is 9.59 Å². The first-order valence-corrected chi connectivity index (χ1v) is 14.7. The van der Waals surface area contributed by atoms with Gasteiger partial charge in [-0.1, -0.05) is 56.0 Å². The lowest BCUT2D eigenvalue weighted by Gasteiger charge is -2.37. The van der Waals surface area contributed by atoms with Gasteiger partial charge in [-0.25, -0.2) is 4.79 Å². The van der Waals surface area contributed by atoms with E-state index in [-0.39, 0.29) is 30.6 Å². The number of carbonyl (C=O) groups excluding carboxylic acids is 2. The van der Waals surface area contributed by atoms with Crippen molar-refractivity contribution in [1.82, 2.24) is 14.4 Å². The largest absolute Gasteiger partial charge is 0.497 e. The molecule has 0 aliphatic heterocycles. The Balaban J connectivity index is 1.53. The number of anilines is 1. The number of hydrogen-bond donors (Lipinski definition) is 1. The summed E-state index contributed by atoms with van der Waals surface area (Å²) < 4.78 is 7.38. The normalized spacial score (nSPS) is 14.4. The molecule has 1 heterocycles. The van der Waals surface area contributed by atoms with Crippen molar-refractivity contribution in [2.24, 2.45) is 0 Å². The Morgan fingerprint density at radius 3 is 2.45 bits per heavy atom. The van der Waals surface area contributed by atoms with Crippen molar-refractivity contribution >= 4 is 29.2 Å². The van der Waals surface area contributed by atoms with E-state index in [1.807, 2.05) is 55.3 Å². The molecule has 0 saturated heterocycles. The van der Waals surface area contributed by atoms with E-state index in [4.69, 9.17) is 16.3 Å². The summed E-state index contributed by atoms with van der Waals surface area (Å²) in [7, 11) is 1.61. The lowest BCUT2D eigenvalue weighted by molar-refractivity contribution is -0.136. The lowest BCUT2D eigenvalue weighted by atomic mass is 9.94. The molecule has 3 amide bonds. The number of rotatable bonds is 11. The summed E-state index contributed by atoms with van der Waals surface area (Å²) in [4.78, 5) is 31.1. The Bertz CT molecular complexity index is 1250. The molecule has 1 aromatic heterocycles. The first kappa shape index (κ1) is 29.5. The molecular weight excluding hydrogens is 524 g/mol. The average molecular weight is 565 g/mol. The van der Waals surface area contributed by atoms with E-state index in [0.717, 1.165) is 54.1 Å². The molecule has 0 bridgehead atoms. The molecule has 40 heavy (non-hydrogen) atoms. The van der Waals surface area contributed by atoms with Gasteiger partial charge in [0.25, 0.3) is 0 Å². The Hall–Kier alpha value is -3.45. The van der Waals surface area contributed by atoms with E-state index in [1.54, 1.807) is 36.3 Å². The second-order valence-corrected chi connectivity index (χ2v) is 11.0. The zero-order valence-corrected chi connectivity index (χ0v) is 24.6. The molecule has 1 aliphatic carbocycles. The van der Waals surface area contributed by atoms with Gasteiger partial charge in [-0.15, -0.1) is 0 Å². The number of urea groups is 1. The highest BCUT2D eigenvalue weighted by atomic mass is 35.5. The number of nitrogens with one attached hydrogen (secondary N) is 1. The molecule has 2 aromatic carbocycles. The van der Waals surface area contributed by atoms with E-state index >= 15 is 0 Å². The fourth-order valence-corrected chi connectivity index (χ4v) is 5.50. The van der Waals surface area contributed by atoms with Crippen molar-refractivity contribution in [2.75, 3.05) is 19.0 Å². The summed E-state index contributed by atoms with van der Waals surface area (Å²) in [5, 5.41) is 3.69. The van der Waals surface area contributed by atoms with Crippen molar-refractivity contribution in [3.05, 3.63) is 83.1 Å². The zero-order valence-electron chi connectivity index (χ0n) is 23.8. The maximum atomic E-state index is 14.0. The summed E-state index contributed by atoms with van der Waals surface area (Å²) in [5.74, 6) is 0.692. The quantitative estimate of drug-likeness (QED) is 0.268. The van der Waals surface area contributed by atoms with E-state index in [2.05, 4.69) is 16.0 Å². The van der Waals surface area contributed by atoms with E-state index in [0.29, 0.717) is 18.8 Å². The van der Waals surface area contributed by atoms with Gasteiger partial charge in [0.15, 0.2) is 0 Å². The number of nitrogens with zero attached hydrogens (tertiary/aromatic N) is 3. The fraction of sp³-hybridized carbons (Fsp3) is 0.438. The highest BCUT2D eigenvalue weighted by Crippen LogP contribution is 2.26. The molecule has 1 saturated carbocycles. The molecular formula is C32H41ClN4O3. The number of carbonyl (C=O) groups is 2. The van der Waals surface area contributed by atoms with Crippen LogP contribution >= 0.6 is 11.6 Å². The lowest BCUT2D eigenvalue weighted by Crippen LogP contribution is -2.50. The third kappa shape index (κ3) is 7.60. The van der Waals surface area contributed by atoms with Gasteiger partial charge < -0.3 is 24.4 Å². The molecule has 3 aromatic rings. The fourth-order valence-electron chi connectivity index (χ4n) is 5.30. The topological polar surface area (TPSA) is 66.8 Å². The first-order chi connectivity index (χ1) is 19.4. The standard InChI is InChI=1S/C32H41ClN4O3/c1-4-24(2)36(32(39)34-26-16-18-29(40-3)19-17-26)23-31(38)37(27-12-6-5-7-13-27)22-28-14-10-20-35(28)21-25-11-8-9-15-30(25)33/h8-11,14-20,24,27H,4-7,12-13,21-23H2,1-3H3,(H,34,39). The monoisotopic (exact) mass is 564 g/mol. The summed E-state index contributed by atoms with van der Waals surface area (Å²) in [6.45, 7) is 5.18. The van der Waals surface area contributed by atoms with Crippen LogP contribution in [-0.2, 0) is 17.9 Å². The molecule has 1 N–H and O–H groups in total. The number of hydrogen-bond acceptors (Lipinski definition) is 3. The Morgan fingerprint density at radius 2 is 1.77 bits per heavy atom. The first-order valence-electron chi connectivity index (χ1n) is 14.3. The molecule has 1 fully saturated rings. The number of benzene rings is 2. The van der Waals surface area contributed by atoms with Gasteiger partial charge in [-0.3, -0.25) is 4.79 Å². The molecule has 0 radical (unpaired) electrons. The Morgan fingerprint density at radius 1 is 1.05 bits per heavy atom. The van der Waals surface area contributed by atoms with Crippen LogP contribution in [0.4, 0.5) is 10.5 Å². The van der Waals surface area contributed by atoms with Crippen LogP contribution in [0.2, 0.25) is 5.02 Å². The third-order valence-electron chi connectivity index (χ3n) is 7.92. The second kappa shape index (κ2) is 14.3. The summed E-state index contributed by atoms with van der Waals surface area (Å²) in [6, 6.07) is 18.9. The minimum atomic E-state index is -0.279. The molecule has 1 atom stereocenters. The minimum Gasteiger partial charge on any atom is -0.497 e. The van der Waals surface area contributed by atoms with Crippen molar-refractivity contribution in [3.8, 4) is 5.75 Å². The number of amides is 3. The van der Waals surface area contributed by atoms with Gasteiger partial charge in [0.2, 0.25) is 5.91 Å². The molecule has 214 valence electrons. The number of ether oxygens (including phenoxy) is 1. The summed E-state index contributed by atoms with van der Waals surface area (Å²) in [6.07, 6.45) is 8.18. The third-order valence-corrected chi connectivity index (χ3v) is 8.29. The van der Waals surface area contributed by atoms with Gasteiger partial charge in [-0.2, -0.15) is 0 Å². The Kier molecular flexibility index (Phi) is 10.5. The van der Waals surface area contributed by atoms with Crippen LogP contribution in [0.3, 0.4) is 0 Å². The maximum absolute atomic E-state index is 14.0. The molecule has 7 nitrogen and oxygen atoms in total. The minimum absolute atomic E-state index is 0.0254. The number of halogens is 1. The predicted octanol–water partition coefficient (Wildman–Crippen LogP) is 7.19. The average Bonchev–Trinajstić information content (AvgIpc) is 3.42. The van der Waals surface area contributed by atoms with Crippen LogP contribution in [0.5, 0.6) is 5.75 Å². The molecule has 8 heteroatoms. The number of aromatic nitrogens is 1. The number of methoxy groups -OCH3 is 1. The summed E-state index contributed by atoms with van der Waals surface area (Å²) in [5.41, 5.74) is 2.75. The van der Waals surface area contributed by atoms with Gasteiger partial charge in [0.05, 0.1) is 13.7 Å². The molecule has 1 aliphatic rings. The van der Waals surface area contributed by atoms with Gasteiger partial charge in [0, 0.05) is 41.2 Å². The predicted molar refractivity (Wildman–Crippen MR) is 161 cm³/mol. The van der Waals surface area contributed by atoms with Gasteiger partial charge in [-0.05, 0) is 74.2 Å². The smallest absolute Gasteiger partial charge is 0.322 e. The van der Waals surface area contributed by atoms with Crippen LogP contribution in [0.1, 0.15) is 63.6 Å². The van der Waals surface area contributed by atoms with Crippen LogP contribution in [0, 0.1) is 0 Å².